The van der Waals surface area contributed by atoms with Crippen molar-refractivity contribution in [3.05, 3.63) is 176 Å². The van der Waals surface area contributed by atoms with Crippen molar-refractivity contribution >= 4 is 43.6 Å². The fraction of sp³-hybridized carbons (Fsp3) is 0. The van der Waals surface area contributed by atoms with Crippen LogP contribution in [0, 0.1) is 0 Å². The maximum atomic E-state index is 9.88. The first-order valence-corrected chi connectivity index (χ1v) is 15.6. The molecule has 0 atom stereocenters. The van der Waals surface area contributed by atoms with E-state index in [2.05, 4.69) is 0 Å². The van der Waals surface area contributed by atoms with Gasteiger partial charge in [0.25, 0.3) is 0 Å². The molecule has 3 aromatic heterocycles. The maximum absolute atomic E-state index is 9.88. The van der Waals surface area contributed by atoms with Crippen LogP contribution in [0.1, 0.15) is 20.6 Å². The molecule has 0 aliphatic heterocycles. The van der Waals surface area contributed by atoms with Gasteiger partial charge in [0.2, 0.25) is 0 Å². The van der Waals surface area contributed by atoms with Crippen molar-refractivity contribution in [1.82, 2.24) is 24.1 Å². The maximum Gasteiger partial charge on any atom is 0.164 e. The van der Waals surface area contributed by atoms with Gasteiger partial charge in [-0.2, -0.15) is 0 Å². The number of nitrogens with zero attached hydrogens (tertiary/aromatic N) is 5. The molecule has 10 aromatic rings. The third-order valence-corrected chi connectivity index (χ3v) is 8.46. The summed E-state index contributed by atoms with van der Waals surface area (Å²) in [4.78, 5) is 14.4. The van der Waals surface area contributed by atoms with Crippen LogP contribution in [0.2, 0.25) is 0 Å². The second-order valence-electron chi connectivity index (χ2n) is 11.4. The summed E-state index contributed by atoms with van der Waals surface area (Å²) in [5.74, 6) is 1.01. The highest BCUT2D eigenvalue weighted by Crippen LogP contribution is 2.37. The molecule has 0 aliphatic carbocycles. The molecule has 0 N–H and O–H groups in total. The van der Waals surface area contributed by atoms with Gasteiger partial charge in [0.1, 0.15) is 0 Å². The minimum atomic E-state index is -0.720. The minimum absolute atomic E-state index is 0.140. The summed E-state index contributed by atoms with van der Waals surface area (Å²) in [5.41, 5.74) is 0.565. The van der Waals surface area contributed by atoms with Gasteiger partial charge < -0.3 is 9.13 Å². The summed E-state index contributed by atoms with van der Waals surface area (Å²) >= 11 is 0. The molecule has 0 fully saturated rings. The summed E-state index contributed by atoms with van der Waals surface area (Å²) in [7, 11) is 0. The lowest BCUT2D eigenvalue weighted by atomic mass is 10.1. The van der Waals surface area contributed by atoms with Crippen LogP contribution in [0.25, 0.3) is 89.2 Å². The van der Waals surface area contributed by atoms with E-state index in [1.807, 2.05) is 60.7 Å². The first kappa shape index (κ1) is 17.0. The van der Waals surface area contributed by atoms with Crippen LogP contribution in [-0.4, -0.2) is 24.1 Å². The van der Waals surface area contributed by atoms with Crippen LogP contribution in [0.5, 0.6) is 0 Å². The molecule has 0 unspecified atom stereocenters. The zero-order valence-corrected chi connectivity index (χ0v) is 25.8. The van der Waals surface area contributed by atoms with Crippen molar-refractivity contribution < 1.29 is 20.6 Å². The molecular weight excluding hydrogens is 611 g/mol. The Bertz CT molecular complexity index is 3590. The van der Waals surface area contributed by atoms with E-state index in [0.29, 0.717) is 17.2 Å². The standard InChI is InChI=1S/C45H29N5/c1-3-14-30(15-4-1)43-46-44(31-16-5-2-6-17-31)48-45(47-43)32-18-13-19-33(28-32)49-41-25-12-9-22-37(41)38-29-34(26-27-42(38)49)50-39-23-10-7-20-35(39)36-21-8-11-24-40(36)50/h1-29H/i7D,8D,9D,10D,11D,12D,20D,21D,22D,23D,24D,25D,26D,27D,29D. The van der Waals surface area contributed by atoms with Gasteiger partial charge in [-0.1, -0.05) is 127 Å². The molecular formula is C45H29N5. The molecule has 5 heteroatoms. The zero-order chi connectivity index (χ0) is 46.1. The van der Waals surface area contributed by atoms with Crippen molar-refractivity contribution in [1.29, 1.82) is 0 Å². The molecule has 7 aromatic carbocycles. The molecule has 0 spiro atoms. The Labute approximate surface area is 309 Å². The van der Waals surface area contributed by atoms with Crippen molar-refractivity contribution in [2.75, 3.05) is 0 Å². The van der Waals surface area contributed by atoms with Gasteiger partial charge in [0.15, 0.2) is 17.5 Å². The first-order chi connectivity index (χ1) is 31.0. The van der Waals surface area contributed by atoms with E-state index in [1.165, 1.54) is 4.57 Å². The molecule has 0 saturated heterocycles. The fourth-order valence-electron chi connectivity index (χ4n) is 6.24. The number of hydrogen-bond donors (Lipinski definition) is 0. The molecule has 0 saturated carbocycles. The van der Waals surface area contributed by atoms with Gasteiger partial charge in [0.05, 0.1) is 42.6 Å². The third kappa shape index (κ3) is 4.52. The Kier molecular flexibility index (Phi) is 3.87. The average Bonchev–Trinajstić information content (AvgIpc) is 3.88. The zero-order valence-electron chi connectivity index (χ0n) is 40.8. The van der Waals surface area contributed by atoms with E-state index >= 15 is 0 Å². The fourth-order valence-corrected chi connectivity index (χ4v) is 6.24. The number of benzene rings is 7. The number of fused-ring (bicyclic) bond motifs is 6. The number of hydrogen-bond acceptors (Lipinski definition) is 3. The van der Waals surface area contributed by atoms with Crippen molar-refractivity contribution in [3.63, 3.8) is 0 Å². The average molecular weight is 655 g/mol. The van der Waals surface area contributed by atoms with Crippen molar-refractivity contribution in [2.24, 2.45) is 0 Å². The van der Waals surface area contributed by atoms with Gasteiger partial charge in [-0.05, 0) is 48.4 Å². The SMILES string of the molecule is [2H]c1c([2H])c([2H])c2c(c1[2H])c1c([2H])c(-n3c4c([2H])c([2H])c([2H])c([2H])c4c4c([2H])c([2H])c([2H])c([2H])c43)c([2H])c([2H])c1n2-c1cccc(-c2nc(-c3ccccc3)nc(-c3ccccc3)n2)c1. The highest BCUT2D eigenvalue weighted by Gasteiger charge is 2.18. The van der Waals surface area contributed by atoms with Gasteiger partial charge >= 0.3 is 0 Å². The Morgan fingerprint density at radius 3 is 1.38 bits per heavy atom. The van der Waals surface area contributed by atoms with Crippen LogP contribution in [0.4, 0.5) is 0 Å². The molecule has 234 valence electrons. The quantitative estimate of drug-likeness (QED) is 0.186. The molecule has 0 aliphatic rings. The lowest BCUT2D eigenvalue weighted by molar-refractivity contribution is 1.07. The highest BCUT2D eigenvalue weighted by atomic mass is 15.0. The Morgan fingerprint density at radius 2 is 0.820 bits per heavy atom. The van der Waals surface area contributed by atoms with Crippen LogP contribution < -0.4 is 0 Å². The molecule has 0 amide bonds. The number of para-hydroxylation sites is 3. The third-order valence-electron chi connectivity index (χ3n) is 8.46. The molecule has 3 heterocycles. The van der Waals surface area contributed by atoms with Gasteiger partial charge in [0, 0.05) is 49.6 Å². The van der Waals surface area contributed by atoms with Gasteiger partial charge in [-0.25, -0.2) is 15.0 Å². The second kappa shape index (κ2) is 11.4. The summed E-state index contributed by atoms with van der Waals surface area (Å²) in [5, 5.41) is -1.01. The Morgan fingerprint density at radius 1 is 0.380 bits per heavy atom. The summed E-state index contributed by atoms with van der Waals surface area (Å²) in [6.45, 7) is 0. The van der Waals surface area contributed by atoms with E-state index in [-0.39, 0.29) is 55.1 Å². The Balaban J connectivity index is 1.33. The van der Waals surface area contributed by atoms with Crippen LogP contribution in [-0.2, 0) is 0 Å². The lowest BCUT2D eigenvalue weighted by Gasteiger charge is -2.12. The van der Waals surface area contributed by atoms with Crippen LogP contribution in [0.15, 0.2) is 176 Å². The van der Waals surface area contributed by atoms with Crippen LogP contribution >= 0.6 is 0 Å². The van der Waals surface area contributed by atoms with E-state index in [4.69, 9.17) is 28.7 Å². The van der Waals surface area contributed by atoms with Gasteiger partial charge in [-0.3, -0.25) is 0 Å². The Hall–Kier alpha value is -6.85. The van der Waals surface area contributed by atoms with Crippen molar-refractivity contribution in [3.8, 4) is 45.5 Å². The number of rotatable bonds is 5. The largest absolute Gasteiger partial charge is 0.309 e. The summed E-state index contributed by atoms with van der Waals surface area (Å²) < 4.78 is 137. The van der Waals surface area contributed by atoms with E-state index in [0.717, 1.165) is 15.7 Å². The predicted octanol–water partition coefficient (Wildman–Crippen LogP) is 11.1. The van der Waals surface area contributed by atoms with E-state index in [9.17, 15) is 6.85 Å². The highest BCUT2D eigenvalue weighted by molar-refractivity contribution is 6.12. The molecule has 10 rings (SSSR count). The number of aromatic nitrogens is 5. The first-order valence-electron chi connectivity index (χ1n) is 23.1. The summed E-state index contributed by atoms with van der Waals surface area (Å²) in [6.07, 6.45) is 0. The second-order valence-corrected chi connectivity index (χ2v) is 11.4. The minimum Gasteiger partial charge on any atom is -0.309 e. The summed E-state index contributed by atoms with van der Waals surface area (Å²) in [6, 6.07) is 15.6. The predicted molar refractivity (Wildman–Crippen MR) is 205 cm³/mol. The molecule has 50 heavy (non-hydrogen) atoms. The normalized spacial score (nSPS) is 15.8. The van der Waals surface area contributed by atoms with Gasteiger partial charge in [-0.15, -0.1) is 0 Å². The molecule has 0 bridgehead atoms. The van der Waals surface area contributed by atoms with Crippen molar-refractivity contribution in [2.45, 2.75) is 0 Å². The van der Waals surface area contributed by atoms with E-state index < -0.39 is 96.3 Å². The monoisotopic (exact) mass is 654 g/mol. The molecule has 0 radical (unpaired) electrons. The lowest BCUT2D eigenvalue weighted by Crippen LogP contribution is -2.01. The molecule has 5 nitrogen and oxygen atoms in total. The van der Waals surface area contributed by atoms with Crippen LogP contribution in [0.3, 0.4) is 0 Å². The smallest absolute Gasteiger partial charge is 0.164 e. The topological polar surface area (TPSA) is 48.5 Å². The van der Waals surface area contributed by atoms with E-state index in [1.54, 1.807) is 24.3 Å².